The second-order valence-electron chi connectivity index (χ2n) is 6.22. The number of benzene rings is 2. The minimum atomic E-state index is -0.00738. The van der Waals surface area contributed by atoms with Crippen LogP contribution in [-0.2, 0) is 22.4 Å². The van der Waals surface area contributed by atoms with E-state index in [1.807, 2.05) is 48.5 Å². The average molecular weight is 357 g/mol. The van der Waals surface area contributed by atoms with Crippen LogP contribution in [0.15, 0.2) is 48.5 Å². The van der Waals surface area contributed by atoms with E-state index in [2.05, 4.69) is 5.32 Å². The van der Waals surface area contributed by atoms with E-state index in [9.17, 15) is 9.59 Å². The van der Waals surface area contributed by atoms with Gasteiger partial charge in [0.25, 0.3) is 0 Å². The molecule has 1 heterocycles. The van der Waals surface area contributed by atoms with Gasteiger partial charge in [-0.2, -0.15) is 0 Å². The summed E-state index contributed by atoms with van der Waals surface area (Å²) in [5, 5.41) is 3.64. The molecule has 0 saturated carbocycles. The van der Waals surface area contributed by atoms with Crippen LogP contribution in [0.1, 0.15) is 24.0 Å². The molecule has 1 saturated heterocycles. The summed E-state index contributed by atoms with van der Waals surface area (Å²) in [6.45, 7) is 1.36. The number of anilines is 1. The monoisotopic (exact) mass is 356 g/mol. The summed E-state index contributed by atoms with van der Waals surface area (Å²) in [5.41, 5.74) is 2.95. The average Bonchev–Trinajstić information content (AvgIpc) is 3.02. The van der Waals surface area contributed by atoms with Gasteiger partial charge in [0.15, 0.2) is 0 Å². The molecule has 1 fully saturated rings. The first-order valence-electron chi connectivity index (χ1n) is 8.52. The molecule has 2 amide bonds. The van der Waals surface area contributed by atoms with Crippen molar-refractivity contribution in [2.24, 2.45) is 0 Å². The fraction of sp³-hybridized carbons (Fsp3) is 0.300. The lowest BCUT2D eigenvalue weighted by Gasteiger charge is -2.15. The van der Waals surface area contributed by atoms with Crippen molar-refractivity contribution >= 4 is 29.1 Å². The maximum Gasteiger partial charge on any atom is 0.227 e. The van der Waals surface area contributed by atoms with Gasteiger partial charge in [-0.25, -0.2) is 0 Å². The number of carbonyl (C=O) groups excluding carboxylic acids is 2. The first kappa shape index (κ1) is 17.5. The molecule has 1 aliphatic heterocycles. The molecule has 130 valence electrons. The quantitative estimate of drug-likeness (QED) is 0.862. The molecule has 2 aromatic rings. The van der Waals surface area contributed by atoms with Crippen LogP contribution in [0.25, 0.3) is 0 Å². The molecule has 0 spiro atoms. The Morgan fingerprint density at radius 3 is 2.60 bits per heavy atom. The smallest absolute Gasteiger partial charge is 0.227 e. The number of hydrogen-bond acceptors (Lipinski definition) is 2. The van der Waals surface area contributed by atoms with E-state index < -0.39 is 0 Å². The highest BCUT2D eigenvalue weighted by Crippen LogP contribution is 2.21. The van der Waals surface area contributed by atoms with Gasteiger partial charge in [0.1, 0.15) is 0 Å². The van der Waals surface area contributed by atoms with E-state index in [0.717, 1.165) is 36.2 Å². The number of rotatable bonds is 6. The number of nitrogens with zero attached hydrogens (tertiary/aromatic N) is 1. The highest BCUT2D eigenvalue weighted by Gasteiger charge is 2.21. The van der Waals surface area contributed by atoms with Gasteiger partial charge in [0.05, 0.1) is 6.42 Å². The lowest BCUT2D eigenvalue weighted by molar-refractivity contribution is -0.120. The summed E-state index contributed by atoms with van der Waals surface area (Å²) < 4.78 is 0. The second kappa shape index (κ2) is 8.17. The molecule has 0 atom stereocenters. The van der Waals surface area contributed by atoms with Gasteiger partial charge in [-0.05, 0) is 48.2 Å². The van der Waals surface area contributed by atoms with E-state index >= 15 is 0 Å². The number of carbonyl (C=O) groups is 2. The molecule has 25 heavy (non-hydrogen) atoms. The van der Waals surface area contributed by atoms with E-state index in [4.69, 9.17) is 11.6 Å². The van der Waals surface area contributed by atoms with Gasteiger partial charge >= 0.3 is 0 Å². The molecule has 0 bridgehead atoms. The normalized spacial score (nSPS) is 14.0. The SMILES string of the molecule is O=C(Cc1ccc(N2CCCC2=O)cc1)NCCc1cccc(Cl)c1. The zero-order valence-corrected chi connectivity index (χ0v) is 14.8. The van der Waals surface area contributed by atoms with Crippen LogP contribution in [0.4, 0.5) is 5.69 Å². The van der Waals surface area contributed by atoms with Crippen molar-refractivity contribution in [2.75, 3.05) is 18.0 Å². The van der Waals surface area contributed by atoms with E-state index in [-0.39, 0.29) is 11.8 Å². The largest absolute Gasteiger partial charge is 0.355 e. The highest BCUT2D eigenvalue weighted by molar-refractivity contribution is 6.30. The van der Waals surface area contributed by atoms with E-state index in [1.54, 1.807) is 4.90 Å². The Bertz CT molecular complexity index is 759. The molecule has 0 aromatic heterocycles. The number of nitrogens with one attached hydrogen (secondary N) is 1. The molecular formula is C20H21ClN2O2. The molecule has 0 radical (unpaired) electrons. The number of halogens is 1. The summed E-state index contributed by atoms with van der Waals surface area (Å²) in [5.74, 6) is 0.165. The Labute approximate surface area is 152 Å². The van der Waals surface area contributed by atoms with Crippen LogP contribution in [0.5, 0.6) is 0 Å². The van der Waals surface area contributed by atoms with Crippen LogP contribution in [0, 0.1) is 0 Å². The van der Waals surface area contributed by atoms with Gasteiger partial charge in [-0.3, -0.25) is 9.59 Å². The molecule has 5 heteroatoms. The van der Waals surface area contributed by atoms with E-state index in [0.29, 0.717) is 24.4 Å². The second-order valence-corrected chi connectivity index (χ2v) is 6.66. The maximum atomic E-state index is 12.1. The summed E-state index contributed by atoms with van der Waals surface area (Å²) >= 11 is 5.95. The lowest BCUT2D eigenvalue weighted by atomic mass is 10.1. The third kappa shape index (κ3) is 4.83. The van der Waals surface area contributed by atoms with E-state index in [1.165, 1.54) is 0 Å². The Morgan fingerprint density at radius 1 is 1.12 bits per heavy atom. The van der Waals surface area contributed by atoms with Gasteiger partial charge < -0.3 is 10.2 Å². The van der Waals surface area contributed by atoms with Gasteiger partial charge in [-0.1, -0.05) is 35.9 Å². The Kier molecular flexibility index (Phi) is 5.71. The first-order chi connectivity index (χ1) is 12.1. The molecule has 0 unspecified atom stereocenters. The predicted molar refractivity (Wildman–Crippen MR) is 99.9 cm³/mol. The van der Waals surface area contributed by atoms with Crippen molar-refractivity contribution < 1.29 is 9.59 Å². The zero-order valence-electron chi connectivity index (χ0n) is 14.0. The summed E-state index contributed by atoms with van der Waals surface area (Å²) in [4.78, 5) is 25.6. The number of amides is 2. The van der Waals surface area contributed by atoms with Crippen molar-refractivity contribution in [1.29, 1.82) is 0 Å². The molecule has 0 aliphatic carbocycles. The topological polar surface area (TPSA) is 49.4 Å². The molecule has 1 aliphatic rings. The first-order valence-corrected chi connectivity index (χ1v) is 8.90. The Balaban J connectivity index is 1.47. The van der Waals surface area contributed by atoms with Crippen molar-refractivity contribution in [2.45, 2.75) is 25.7 Å². The summed E-state index contributed by atoms with van der Waals surface area (Å²) in [6, 6.07) is 15.3. The molecule has 1 N–H and O–H groups in total. The standard InChI is InChI=1S/C20H21ClN2O2/c21-17-4-1-3-15(13-17)10-11-22-19(24)14-16-6-8-18(9-7-16)23-12-2-5-20(23)25/h1,3-4,6-9,13H,2,5,10-12,14H2,(H,22,24). The van der Waals surface area contributed by atoms with Gasteiger partial charge in [0.2, 0.25) is 11.8 Å². The summed E-state index contributed by atoms with van der Waals surface area (Å²) in [6.07, 6.45) is 2.62. The predicted octanol–water partition coefficient (Wildman–Crippen LogP) is 3.37. The highest BCUT2D eigenvalue weighted by atomic mass is 35.5. The van der Waals surface area contributed by atoms with Crippen LogP contribution in [0.3, 0.4) is 0 Å². The van der Waals surface area contributed by atoms with Crippen LogP contribution in [-0.4, -0.2) is 24.9 Å². The molecule has 2 aromatic carbocycles. The van der Waals surface area contributed by atoms with Crippen molar-refractivity contribution in [3.8, 4) is 0 Å². The summed E-state index contributed by atoms with van der Waals surface area (Å²) in [7, 11) is 0. The maximum absolute atomic E-state index is 12.1. The molecule has 3 rings (SSSR count). The molecule has 4 nitrogen and oxygen atoms in total. The molecular weight excluding hydrogens is 336 g/mol. The Morgan fingerprint density at radius 2 is 1.92 bits per heavy atom. The van der Waals surface area contributed by atoms with Gasteiger partial charge in [-0.15, -0.1) is 0 Å². The number of hydrogen-bond donors (Lipinski definition) is 1. The minimum Gasteiger partial charge on any atom is -0.355 e. The van der Waals surface area contributed by atoms with Crippen LogP contribution in [0.2, 0.25) is 5.02 Å². The third-order valence-corrected chi connectivity index (χ3v) is 4.55. The fourth-order valence-electron chi connectivity index (χ4n) is 3.00. The fourth-order valence-corrected chi connectivity index (χ4v) is 3.21. The van der Waals surface area contributed by atoms with Crippen molar-refractivity contribution in [3.05, 3.63) is 64.7 Å². The Hall–Kier alpha value is -2.33. The van der Waals surface area contributed by atoms with Crippen molar-refractivity contribution in [3.63, 3.8) is 0 Å². The van der Waals surface area contributed by atoms with Crippen LogP contribution >= 0.6 is 11.6 Å². The van der Waals surface area contributed by atoms with Gasteiger partial charge in [0, 0.05) is 30.2 Å². The zero-order chi connectivity index (χ0) is 17.6. The minimum absolute atomic E-state index is 0.00738. The lowest BCUT2D eigenvalue weighted by Crippen LogP contribution is -2.27. The third-order valence-electron chi connectivity index (χ3n) is 4.31. The van der Waals surface area contributed by atoms with Crippen LogP contribution < -0.4 is 10.2 Å². The van der Waals surface area contributed by atoms with Crippen molar-refractivity contribution in [1.82, 2.24) is 5.32 Å².